The molecule has 0 aliphatic heterocycles. The molecule has 7 nitrogen and oxygen atoms in total. The number of nitrogens with one attached hydrogen (secondary N) is 1. The van der Waals surface area contributed by atoms with Gasteiger partial charge in [-0.15, -0.1) is 0 Å². The highest BCUT2D eigenvalue weighted by Crippen LogP contribution is 2.19. The van der Waals surface area contributed by atoms with Crippen LogP contribution in [0.1, 0.15) is 22.7 Å². The normalized spacial score (nSPS) is 10.8. The van der Waals surface area contributed by atoms with E-state index < -0.39 is 0 Å². The molecule has 0 aliphatic rings. The van der Waals surface area contributed by atoms with Crippen LogP contribution in [0.2, 0.25) is 0 Å². The molecule has 27 heavy (non-hydrogen) atoms. The van der Waals surface area contributed by atoms with Gasteiger partial charge in [-0.1, -0.05) is 35.5 Å². The lowest BCUT2D eigenvalue weighted by molar-refractivity contribution is 0.200. The molecule has 2 aromatic heterocycles. The van der Waals surface area contributed by atoms with E-state index in [-0.39, 0.29) is 6.03 Å². The molecule has 0 saturated heterocycles. The minimum absolute atomic E-state index is 0.161. The molecule has 142 valence electrons. The van der Waals surface area contributed by atoms with Gasteiger partial charge in [0.1, 0.15) is 5.69 Å². The Kier molecular flexibility index (Phi) is 5.59. The van der Waals surface area contributed by atoms with Gasteiger partial charge in [-0.25, -0.2) is 4.79 Å². The number of rotatable bonds is 6. The predicted octanol–water partition coefficient (Wildman–Crippen LogP) is 3.30. The van der Waals surface area contributed by atoms with E-state index in [9.17, 15) is 4.79 Å². The fourth-order valence-electron chi connectivity index (χ4n) is 2.85. The molecule has 0 aliphatic carbocycles. The van der Waals surface area contributed by atoms with Gasteiger partial charge in [0.05, 0.1) is 18.8 Å². The molecule has 0 radical (unpaired) electrons. The topological polar surface area (TPSA) is 76.2 Å². The quantitative estimate of drug-likeness (QED) is 0.725. The van der Waals surface area contributed by atoms with Crippen molar-refractivity contribution in [1.29, 1.82) is 0 Å². The predicted molar refractivity (Wildman–Crippen MR) is 103 cm³/mol. The SMILES string of the molecule is Cc1nn(CCNC(=O)N(C)Cc2cc(-c3ccccc3)no2)c(C)c1C. The molecule has 2 heterocycles. The van der Waals surface area contributed by atoms with E-state index in [2.05, 4.69) is 22.5 Å². The molecular weight excluding hydrogens is 342 g/mol. The van der Waals surface area contributed by atoms with E-state index in [1.807, 2.05) is 54.9 Å². The van der Waals surface area contributed by atoms with Gasteiger partial charge < -0.3 is 14.7 Å². The molecule has 2 amide bonds. The molecule has 0 atom stereocenters. The van der Waals surface area contributed by atoms with E-state index in [1.54, 1.807) is 11.9 Å². The monoisotopic (exact) mass is 367 g/mol. The van der Waals surface area contributed by atoms with Gasteiger partial charge in [-0.2, -0.15) is 5.10 Å². The zero-order valence-corrected chi connectivity index (χ0v) is 16.2. The fraction of sp³-hybridized carbons (Fsp3) is 0.350. The number of nitrogens with zero attached hydrogens (tertiary/aromatic N) is 4. The maximum Gasteiger partial charge on any atom is 0.317 e. The molecule has 0 bridgehead atoms. The molecular formula is C20H25N5O2. The second kappa shape index (κ2) is 8.07. The molecule has 3 aromatic rings. The van der Waals surface area contributed by atoms with Gasteiger partial charge in [-0.05, 0) is 26.3 Å². The van der Waals surface area contributed by atoms with Crippen molar-refractivity contribution in [2.75, 3.05) is 13.6 Å². The molecule has 0 saturated carbocycles. The Morgan fingerprint density at radius 3 is 2.63 bits per heavy atom. The van der Waals surface area contributed by atoms with Gasteiger partial charge in [0, 0.05) is 30.9 Å². The van der Waals surface area contributed by atoms with Crippen molar-refractivity contribution in [3.8, 4) is 11.3 Å². The summed E-state index contributed by atoms with van der Waals surface area (Å²) in [5, 5.41) is 11.5. The smallest absolute Gasteiger partial charge is 0.317 e. The van der Waals surface area contributed by atoms with Gasteiger partial charge in [0.2, 0.25) is 0 Å². The molecule has 0 unspecified atom stereocenters. The average Bonchev–Trinajstić information content (AvgIpc) is 3.23. The van der Waals surface area contributed by atoms with Crippen LogP contribution < -0.4 is 5.32 Å². The molecule has 0 spiro atoms. The Balaban J connectivity index is 1.51. The third-order valence-corrected chi connectivity index (χ3v) is 4.71. The number of hydrogen-bond acceptors (Lipinski definition) is 4. The van der Waals surface area contributed by atoms with Crippen molar-refractivity contribution < 1.29 is 9.32 Å². The van der Waals surface area contributed by atoms with E-state index >= 15 is 0 Å². The van der Waals surface area contributed by atoms with Gasteiger partial charge in [-0.3, -0.25) is 4.68 Å². The highest BCUT2D eigenvalue weighted by molar-refractivity contribution is 5.73. The second-order valence-corrected chi connectivity index (χ2v) is 6.65. The fourth-order valence-corrected chi connectivity index (χ4v) is 2.85. The molecule has 1 N–H and O–H groups in total. The molecule has 3 rings (SSSR count). The molecule has 7 heteroatoms. The summed E-state index contributed by atoms with van der Waals surface area (Å²) < 4.78 is 7.28. The number of urea groups is 1. The van der Waals surface area contributed by atoms with Crippen LogP contribution in [0.15, 0.2) is 40.9 Å². The molecule has 0 fully saturated rings. The Morgan fingerprint density at radius 1 is 1.22 bits per heavy atom. The lowest BCUT2D eigenvalue weighted by atomic mass is 10.1. The summed E-state index contributed by atoms with van der Waals surface area (Å²) >= 11 is 0. The first-order chi connectivity index (χ1) is 13.0. The van der Waals surface area contributed by atoms with Crippen molar-refractivity contribution in [2.24, 2.45) is 0 Å². The van der Waals surface area contributed by atoms with Crippen molar-refractivity contribution in [2.45, 2.75) is 33.9 Å². The number of carbonyl (C=O) groups excluding carboxylic acids is 1. The number of aryl methyl sites for hydroxylation is 1. The summed E-state index contributed by atoms with van der Waals surface area (Å²) in [7, 11) is 1.73. The third kappa shape index (κ3) is 4.36. The van der Waals surface area contributed by atoms with Crippen LogP contribution in [0, 0.1) is 20.8 Å². The van der Waals surface area contributed by atoms with Gasteiger partial charge in [0.15, 0.2) is 5.76 Å². The first-order valence-corrected chi connectivity index (χ1v) is 8.96. The van der Waals surface area contributed by atoms with Crippen molar-refractivity contribution in [3.63, 3.8) is 0 Å². The minimum atomic E-state index is -0.161. The first kappa shape index (κ1) is 18.7. The van der Waals surface area contributed by atoms with E-state index in [1.165, 1.54) is 5.56 Å². The number of amides is 2. The largest absolute Gasteiger partial charge is 0.359 e. The summed E-state index contributed by atoms with van der Waals surface area (Å²) in [4.78, 5) is 13.9. The zero-order valence-electron chi connectivity index (χ0n) is 16.2. The van der Waals surface area contributed by atoms with Crippen molar-refractivity contribution in [1.82, 2.24) is 25.2 Å². The summed E-state index contributed by atoms with van der Waals surface area (Å²) in [5.74, 6) is 0.640. The Bertz CT molecular complexity index is 914. The first-order valence-electron chi connectivity index (χ1n) is 8.96. The van der Waals surface area contributed by atoms with Crippen LogP contribution in [0.3, 0.4) is 0 Å². The standard InChI is InChI=1S/C20H25N5O2/c1-14-15(2)22-25(16(14)3)11-10-21-20(26)24(4)13-18-12-19(23-27-18)17-8-6-5-7-9-17/h5-9,12H,10-11,13H2,1-4H3,(H,21,26). The summed E-state index contributed by atoms with van der Waals surface area (Å²) in [6.45, 7) is 7.59. The lowest BCUT2D eigenvalue weighted by Crippen LogP contribution is -2.38. The third-order valence-electron chi connectivity index (χ3n) is 4.71. The maximum atomic E-state index is 12.3. The summed E-state index contributed by atoms with van der Waals surface area (Å²) in [6, 6.07) is 11.5. The Labute approximate surface area is 159 Å². The van der Waals surface area contributed by atoms with E-state index in [0.29, 0.717) is 25.4 Å². The number of benzene rings is 1. The van der Waals surface area contributed by atoms with Crippen molar-refractivity contribution in [3.05, 3.63) is 59.1 Å². The molecule has 1 aromatic carbocycles. The van der Waals surface area contributed by atoms with Crippen LogP contribution in [0.5, 0.6) is 0 Å². The highest BCUT2D eigenvalue weighted by atomic mass is 16.5. The van der Waals surface area contributed by atoms with Gasteiger partial charge in [0.25, 0.3) is 0 Å². The minimum Gasteiger partial charge on any atom is -0.359 e. The highest BCUT2D eigenvalue weighted by Gasteiger charge is 2.13. The summed E-state index contributed by atoms with van der Waals surface area (Å²) in [5.41, 5.74) is 5.10. The Morgan fingerprint density at radius 2 is 1.96 bits per heavy atom. The zero-order chi connectivity index (χ0) is 19.4. The number of hydrogen-bond donors (Lipinski definition) is 1. The van der Waals surface area contributed by atoms with E-state index in [4.69, 9.17) is 4.52 Å². The lowest BCUT2D eigenvalue weighted by Gasteiger charge is -2.16. The Hall–Kier alpha value is -3.09. The van der Waals surface area contributed by atoms with Crippen molar-refractivity contribution >= 4 is 6.03 Å². The van der Waals surface area contributed by atoms with Gasteiger partial charge >= 0.3 is 6.03 Å². The van der Waals surface area contributed by atoms with Crippen LogP contribution in [0.4, 0.5) is 4.79 Å². The maximum absolute atomic E-state index is 12.3. The number of aromatic nitrogens is 3. The van der Waals surface area contributed by atoms with Crippen LogP contribution in [0.25, 0.3) is 11.3 Å². The second-order valence-electron chi connectivity index (χ2n) is 6.65. The van der Waals surface area contributed by atoms with Crippen LogP contribution in [-0.4, -0.2) is 39.5 Å². The van der Waals surface area contributed by atoms with Crippen LogP contribution >= 0.6 is 0 Å². The average molecular weight is 367 g/mol. The summed E-state index contributed by atoms with van der Waals surface area (Å²) in [6.07, 6.45) is 0. The van der Waals surface area contributed by atoms with E-state index in [0.717, 1.165) is 22.6 Å². The number of carbonyl (C=O) groups is 1. The van der Waals surface area contributed by atoms with Crippen LogP contribution in [-0.2, 0) is 13.1 Å².